The topological polar surface area (TPSA) is 71.2 Å². The van der Waals surface area contributed by atoms with E-state index in [4.69, 9.17) is 0 Å². The molecule has 4 rings (SSSR count). The zero-order valence-electron chi connectivity index (χ0n) is 14.9. The quantitative estimate of drug-likeness (QED) is 0.929. The van der Waals surface area contributed by atoms with Crippen molar-refractivity contribution in [3.05, 3.63) is 24.3 Å². The van der Waals surface area contributed by atoms with E-state index in [0.717, 1.165) is 30.3 Å². The molecule has 0 radical (unpaired) electrons. The predicted molar refractivity (Wildman–Crippen MR) is 94.8 cm³/mol. The number of nitrogens with zero attached hydrogens (tertiary/aromatic N) is 4. The summed E-state index contributed by atoms with van der Waals surface area (Å²) in [6.07, 6.45) is 3.98. The van der Waals surface area contributed by atoms with Crippen LogP contribution in [0.3, 0.4) is 0 Å². The van der Waals surface area contributed by atoms with E-state index in [1.54, 1.807) is 0 Å². The summed E-state index contributed by atoms with van der Waals surface area (Å²) in [5.74, 6) is 0.695. The monoisotopic (exact) mass is 342 g/mol. The third kappa shape index (κ3) is 3.15. The van der Waals surface area contributed by atoms with Gasteiger partial charge in [0.15, 0.2) is 0 Å². The highest BCUT2D eigenvalue weighted by molar-refractivity contribution is 5.78. The van der Waals surface area contributed by atoms with Crippen molar-refractivity contribution in [2.24, 2.45) is 5.92 Å². The molecule has 134 valence electrons. The maximum absolute atomic E-state index is 12.9. The van der Waals surface area contributed by atoms with Gasteiger partial charge in [0.2, 0.25) is 5.91 Å². The lowest BCUT2D eigenvalue weighted by atomic mass is 9.70. The standard InChI is InChI=1S/C19H26N4O2/c1-13-9-14-10-15(12-19(2,25)11-14)23(13)18(24)7-8-22-17-6-4-3-5-16(17)20-21-22/h3-6,13-15,25H,7-12H2,1-2H3. The zero-order valence-corrected chi connectivity index (χ0v) is 14.9. The smallest absolute Gasteiger partial charge is 0.224 e. The second-order valence-corrected chi connectivity index (χ2v) is 8.10. The molecule has 25 heavy (non-hydrogen) atoms. The highest BCUT2D eigenvalue weighted by atomic mass is 16.3. The van der Waals surface area contributed by atoms with Crippen LogP contribution in [0.5, 0.6) is 0 Å². The van der Waals surface area contributed by atoms with E-state index in [1.807, 2.05) is 40.8 Å². The summed E-state index contributed by atoms with van der Waals surface area (Å²) in [6.45, 7) is 4.59. The molecule has 4 unspecified atom stereocenters. The van der Waals surface area contributed by atoms with Crippen molar-refractivity contribution in [2.45, 2.75) is 70.2 Å². The number of benzene rings is 1. The van der Waals surface area contributed by atoms with Gasteiger partial charge in [-0.3, -0.25) is 4.79 Å². The number of carbonyl (C=O) groups is 1. The number of aromatic nitrogens is 3. The highest BCUT2D eigenvalue weighted by Crippen LogP contribution is 2.42. The van der Waals surface area contributed by atoms with Gasteiger partial charge in [-0.25, -0.2) is 4.68 Å². The first-order valence-corrected chi connectivity index (χ1v) is 9.25. The van der Waals surface area contributed by atoms with Crippen LogP contribution in [0.15, 0.2) is 24.3 Å². The van der Waals surface area contributed by atoms with Crippen LogP contribution in [-0.2, 0) is 11.3 Å². The fourth-order valence-corrected chi connectivity index (χ4v) is 4.97. The minimum absolute atomic E-state index is 0.160. The van der Waals surface area contributed by atoms with Crippen LogP contribution in [0.4, 0.5) is 0 Å². The van der Waals surface area contributed by atoms with E-state index in [9.17, 15) is 9.90 Å². The summed E-state index contributed by atoms with van der Waals surface area (Å²) in [6, 6.07) is 8.22. The van der Waals surface area contributed by atoms with E-state index in [-0.39, 0.29) is 18.0 Å². The van der Waals surface area contributed by atoms with Gasteiger partial charge in [-0.2, -0.15) is 0 Å². The van der Waals surface area contributed by atoms with E-state index in [0.29, 0.717) is 25.3 Å². The highest BCUT2D eigenvalue weighted by Gasteiger charge is 2.45. The third-order valence-electron chi connectivity index (χ3n) is 5.80. The van der Waals surface area contributed by atoms with E-state index >= 15 is 0 Å². The van der Waals surface area contributed by atoms with Crippen molar-refractivity contribution < 1.29 is 9.90 Å². The number of rotatable bonds is 3. The number of hydrogen-bond acceptors (Lipinski definition) is 4. The SMILES string of the molecule is CC1CC2CC(CC(C)(O)C2)N1C(=O)CCn1nnc2ccccc21. The minimum Gasteiger partial charge on any atom is -0.390 e. The van der Waals surface area contributed by atoms with Gasteiger partial charge >= 0.3 is 0 Å². The van der Waals surface area contributed by atoms with Gasteiger partial charge in [0.05, 0.1) is 17.7 Å². The molecule has 1 saturated carbocycles. The lowest BCUT2D eigenvalue weighted by Crippen LogP contribution is -2.57. The van der Waals surface area contributed by atoms with Crippen molar-refractivity contribution in [2.75, 3.05) is 0 Å². The molecule has 2 fully saturated rings. The average molecular weight is 342 g/mol. The van der Waals surface area contributed by atoms with Crippen LogP contribution in [0.2, 0.25) is 0 Å². The number of aliphatic hydroxyl groups is 1. The molecule has 6 heteroatoms. The molecule has 2 heterocycles. The van der Waals surface area contributed by atoms with E-state index < -0.39 is 5.60 Å². The number of carbonyl (C=O) groups excluding carboxylic acids is 1. The first kappa shape index (κ1) is 16.5. The van der Waals surface area contributed by atoms with E-state index in [2.05, 4.69) is 17.2 Å². The zero-order chi connectivity index (χ0) is 17.6. The Labute approximate surface area is 147 Å². The number of fused-ring (bicyclic) bond motifs is 3. The van der Waals surface area contributed by atoms with Crippen LogP contribution < -0.4 is 0 Å². The Morgan fingerprint density at radius 2 is 2.12 bits per heavy atom. The molecule has 1 aromatic carbocycles. The Morgan fingerprint density at radius 3 is 2.96 bits per heavy atom. The van der Waals surface area contributed by atoms with Gasteiger partial charge in [0.1, 0.15) is 5.52 Å². The van der Waals surface area contributed by atoms with Gasteiger partial charge in [-0.05, 0) is 57.6 Å². The first-order chi connectivity index (χ1) is 11.9. The summed E-state index contributed by atoms with van der Waals surface area (Å²) < 4.78 is 1.81. The number of aryl methyl sites for hydroxylation is 1. The molecule has 1 aliphatic carbocycles. The van der Waals surface area contributed by atoms with Crippen molar-refractivity contribution in [3.8, 4) is 0 Å². The summed E-state index contributed by atoms with van der Waals surface area (Å²) in [7, 11) is 0. The minimum atomic E-state index is -0.644. The second-order valence-electron chi connectivity index (χ2n) is 8.10. The molecular weight excluding hydrogens is 316 g/mol. The van der Waals surface area contributed by atoms with Crippen LogP contribution in [-0.4, -0.2) is 48.6 Å². The van der Waals surface area contributed by atoms with Crippen molar-refractivity contribution in [3.63, 3.8) is 0 Å². The molecule has 4 atom stereocenters. The van der Waals surface area contributed by atoms with Gasteiger partial charge in [-0.15, -0.1) is 5.10 Å². The molecule has 2 aliphatic rings. The predicted octanol–water partition coefficient (Wildman–Crippen LogP) is 2.36. The van der Waals surface area contributed by atoms with Crippen molar-refractivity contribution in [1.82, 2.24) is 19.9 Å². The van der Waals surface area contributed by atoms with E-state index in [1.165, 1.54) is 0 Å². The molecule has 1 aromatic heterocycles. The Bertz CT molecular complexity index is 783. The second kappa shape index (κ2) is 6.09. The summed E-state index contributed by atoms with van der Waals surface area (Å²) in [5.41, 5.74) is 1.17. The fraction of sp³-hybridized carbons (Fsp3) is 0.632. The maximum Gasteiger partial charge on any atom is 0.224 e. The summed E-state index contributed by atoms with van der Waals surface area (Å²) in [5, 5.41) is 18.8. The Morgan fingerprint density at radius 1 is 1.32 bits per heavy atom. The lowest BCUT2D eigenvalue weighted by molar-refractivity contribution is -0.146. The summed E-state index contributed by atoms with van der Waals surface area (Å²) in [4.78, 5) is 15.0. The first-order valence-electron chi connectivity index (χ1n) is 9.25. The number of para-hydroxylation sites is 1. The number of amides is 1. The third-order valence-corrected chi connectivity index (χ3v) is 5.80. The molecule has 2 aromatic rings. The molecule has 6 nitrogen and oxygen atoms in total. The van der Waals surface area contributed by atoms with Crippen molar-refractivity contribution in [1.29, 1.82) is 0 Å². The van der Waals surface area contributed by atoms with Crippen LogP contribution in [0, 0.1) is 5.92 Å². The van der Waals surface area contributed by atoms with Gasteiger partial charge in [-0.1, -0.05) is 17.3 Å². The molecule has 1 amide bonds. The van der Waals surface area contributed by atoms with Crippen LogP contribution in [0.25, 0.3) is 11.0 Å². The molecular formula is C19H26N4O2. The summed E-state index contributed by atoms with van der Waals surface area (Å²) >= 11 is 0. The van der Waals surface area contributed by atoms with Crippen LogP contribution in [0.1, 0.15) is 46.0 Å². The average Bonchev–Trinajstić information content (AvgIpc) is 2.94. The number of piperidine rings is 1. The molecule has 0 spiro atoms. The molecule has 1 N–H and O–H groups in total. The number of likely N-dealkylation sites (tertiary alicyclic amines) is 1. The Hall–Kier alpha value is -1.95. The van der Waals surface area contributed by atoms with Crippen LogP contribution >= 0.6 is 0 Å². The van der Waals surface area contributed by atoms with Gasteiger partial charge < -0.3 is 10.0 Å². The molecule has 2 bridgehead atoms. The number of hydrogen-bond donors (Lipinski definition) is 1. The molecule has 1 aliphatic heterocycles. The maximum atomic E-state index is 12.9. The molecule has 1 saturated heterocycles. The van der Waals surface area contributed by atoms with Gasteiger partial charge in [0.25, 0.3) is 0 Å². The fourth-order valence-electron chi connectivity index (χ4n) is 4.97. The van der Waals surface area contributed by atoms with Gasteiger partial charge in [0, 0.05) is 18.5 Å². The largest absolute Gasteiger partial charge is 0.390 e. The Balaban J connectivity index is 1.47. The van der Waals surface area contributed by atoms with Crippen molar-refractivity contribution >= 4 is 16.9 Å². The lowest BCUT2D eigenvalue weighted by Gasteiger charge is -2.51. The normalized spacial score (nSPS) is 32.1. The Kier molecular flexibility index (Phi) is 4.02.